The van der Waals surface area contributed by atoms with Gasteiger partial charge in [-0.1, -0.05) is 27.5 Å². The molecule has 25 heavy (non-hydrogen) atoms. The van der Waals surface area contributed by atoms with Gasteiger partial charge in [0.1, 0.15) is 4.88 Å². The van der Waals surface area contributed by atoms with Crippen LogP contribution >= 0.6 is 51.1 Å². The van der Waals surface area contributed by atoms with E-state index < -0.39 is 5.91 Å². The Bertz CT molecular complexity index is 839. The SMILES string of the molecule is CCOC(=O)c1sc(NC(=S)NC(=O)c2cc(Br)ccc2Cl)cc1C. The van der Waals surface area contributed by atoms with Crippen LogP contribution < -0.4 is 10.6 Å². The number of anilines is 1. The highest BCUT2D eigenvalue weighted by atomic mass is 79.9. The summed E-state index contributed by atoms with van der Waals surface area (Å²) in [6, 6.07) is 6.72. The van der Waals surface area contributed by atoms with E-state index in [1.807, 2.05) is 0 Å². The summed E-state index contributed by atoms with van der Waals surface area (Å²) in [7, 11) is 0. The molecule has 0 saturated heterocycles. The van der Waals surface area contributed by atoms with Gasteiger partial charge in [0.25, 0.3) is 5.91 Å². The highest BCUT2D eigenvalue weighted by Crippen LogP contribution is 2.27. The number of carbonyl (C=O) groups is 2. The smallest absolute Gasteiger partial charge is 0.348 e. The van der Waals surface area contributed by atoms with Gasteiger partial charge in [-0.15, -0.1) is 11.3 Å². The molecule has 5 nitrogen and oxygen atoms in total. The van der Waals surface area contributed by atoms with Gasteiger partial charge >= 0.3 is 5.97 Å². The molecule has 1 heterocycles. The largest absolute Gasteiger partial charge is 0.462 e. The molecule has 2 N–H and O–H groups in total. The molecule has 0 spiro atoms. The van der Waals surface area contributed by atoms with Crippen molar-refractivity contribution >= 4 is 73.1 Å². The number of rotatable bonds is 4. The lowest BCUT2D eigenvalue weighted by atomic mass is 10.2. The molecule has 0 bridgehead atoms. The number of ether oxygens (including phenoxy) is 1. The summed E-state index contributed by atoms with van der Waals surface area (Å²) in [5.74, 6) is -0.809. The van der Waals surface area contributed by atoms with E-state index in [1.165, 1.54) is 11.3 Å². The molecule has 2 rings (SSSR count). The summed E-state index contributed by atoms with van der Waals surface area (Å²) in [6.07, 6.45) is 0. The molecule has 0 unspecified atom stereocenters. The summed E-state index contributed by atoms with van der Waals surface area (Å²) in [6.45, 7) is 3.86. The zero-order valence-corrected chi connectivity index (χ0v) is 17.3. The molecule has 1 amide bonds. The first kappa shape index (κ1) is 19.8. The van der Waals surface area contributed by atoms with E-state index in [4.69, 9.17) is 28.6 Å². The van der Waals surface area contributed by atoms with E-state index >= 15 is 0 Å². The molecule has 0 aliphatic heterocycles. The Balaban J connectivity index is 2.05. The first-order valence-corrected chi connectivity index (χ1v) is 9.56. The molecule has 0 aliphatic carbocycles. The number of nitrogens with one attached hydrogen (secondary N) is 2. The molecule has 0 fully saturated rings. The van der Waals surface area contributed by atoms with Gasteiger partial charge in [0.2, 0.25) is 0 Å². The zero-order chi connectivity index (χ0) is 18.6. The fourth-order valence-corrected chi connectivity index (χ4v) is 3.73. The maximum absolute atomic E-state index is 12.3. The van der Waals surface area contributed by atoms with Crippen molar-refractivity contribution in [3.05, 3.63) is 49.8 Å². The number of thiocarbonyl (C=S) groups is 1. The molecule has 1 aromatic heterocycles. The average Bonchev–Trinajstić information content (AvgIpc) is 2.90. The third-order valence-electron chi connectivity index (χ3n) is 3.02. The quantitative estimate of drug-likeness (QED) is 0.507. The number of hydrogen-bond donors (Lipinski definition) is 2. The van der Waals surface area contributed by atoms with Crippen LogP contribution in [0.15, 0.2) is 28.7 Å². The van der Waals surface area contributed by atoms with Gasteiger partial charge in [-0.25, -0.2) is 4.79 Å². The molecular weight excluding hydrogens is 448 g/mol. The van der Waals surface area contributed by atoms with Crippen molar-refractivity contribution in [1.29, 1.82) is 0 Å². The van der Waals surface area contributed by atoms with Crippen LogP contribution in [0.3, 0.4) is 0 Å². The number of esters is 1. The van der Waals surface area contributed by atoms with Crippen LogP contribution in [0.4, 0.5) is 5.00 Å². The summed E-state index contributed by atoms with van der Waals surface area (Å²) < 4.78 is 5.73. The minimum atomic E-state index is -0.428. The van der Waals surface area contributed by atoms with Crippen LogP contribution in [0.1, 0.15) is 32.5 Å². The first-order valence-electron chi connectivity index (χ1n) is 7.16. The van der Waals surface area contributed by atoms with Gasteiger partial charge in [0.15, 0.2) is 5.11 Å². The Labute approximate surface area is 167 Å². The van der Waals surface area contributed by atoms with E-state index in [0.29, 0.717) is 27.1 Å². The second-order valence-electron chi connectivity index (χ2n) is 4.88. The summed E-state index contributed by atoms with van der Waals surface area (Å²) in [4.78, 5) is 24.6. The molecule has 1 aromatic carbocycles. The first-order chi connectivity index (χ1) is 11.8. The van der Waals surface area contributed by atoms with Crippen LogP contribution in [-0.2, 0) is 4.74 Å². The number of hydrogen-bond acceptors (Lipinski definition) is 5. The zero-order valence-electron chi connectivity index (χ0n) is 13.3. The van der Waals surface area contributed by atoms with Crippen LogP contribution in [0.5, 0.6) is 0 Å². The number of halogens is 2. The third-order valence-corrected chi connectivity index (χ3v) is 5.17. The number of thiophene rings is 1. The van der Waals surface area contributed by atoms with Crippen LogP contribution in [0, 0.1) is 6.92 Å². The number of amides is 1. The highest BCUT2D eigenvalue weighted by molar-refractivity contribution is 9.10. The molecule has 9 heteroatoms. The maximum atomic E-state index is 12.3. The lowest BCUT2D eigenvalue weighted by Gasteiger charge is -2.09. The average molecular weight is 462 g/mol. The van der Waals surface area contributed by atoms with Gasteiger partial charge in [-0.05, 0) is 55.9 Å². The van der Waals surface area contributed by atoms with E-state index in [9.17, 15) is 9.59 Å². The lowest BCUT2D eigenvalue weighted by Crippen LogP contribution is -2.34. The minimum absolute atomic E-state index is 0.109. The second kappa shape index (κ2) is 8.75. The number of carbonyl (C=O) groups excluding carboxylic acids is 2. The van der Waals surface area contributed by atoms with Crippen LogP contribution in [-0.4, -0.2) is 23.6 Å². The highest BCUT2D eigenvalue weighted by Gasteiger charge is 2.16. The number of aryl methyl sites for hydroxylation is 1. The van der Waals surface area contributed by atoms with E-state index in [2.05, 4.69) is 26.6 Å². The Morgan fingerprint density at radius 2 is 2.08 bits per heavy atom. The summed E-state index contributed by atoms with van der Waals surface area (Å²) in [5.41, 5.74) is 1.07. The Hall–Kier alpha value is -1.48. The molecule has 2 aromatic rings. The van der Waals surface area contributed by atoms with Gasteiger partial charge in [-0.3, -0.25) is 10.1 Å². The topological polar surface area (TPSA) is 67.4 Å². The van der Waals surface area contributed by atoms with E-state index in [1.54, 1.807) is 38.1 Å². The molecular formula is C16H14BrClN2O3S2. The lowest BCUT2D eigenvalue weighted by molar-refractivity contribution is 0.0531. The van der Waals surface area contributed by atoms with E-state index in [-0.39, 0.29) is 11.1 Å². The van der Waals surface area contributed by atoms with Crippen molar-refractivity contribution in [3.8, 4) is 0 Å². The normalized spacial score (nSPS) is 10.2. The fraction of sp³-hybridized carbons (Fsp3) is 0.188. The van der Waals surface area contributed by atoms with Crippen molar-refractivity contribution in [1.82, 2.24) is 5.32 Å². The third kappa shape index (κ3) is 5.24. The molecule has 0 radical (unpaired) electrons. The van der Waals surface area contributed by atoms with Crippen molar-refractivity contribution in [3.63, 3.8) is 0 Å². The summed E-state index contributed by atoms with van der Waals surface area (Å²) in [5, 5.41) is 6.51. The second-order valence-corrected chi connectivity index (χ2v) is 7.66. The maximum Gasteiger partial charge on any atom is 0.348 e. The fourth-order valence-electron chi connectivity index (χ4n) is 1.93. The van der Waals surface area contributed by atoms with Crippen molar-refractivity contribution in [2.24, 2.45) is 0 Å². The van der Waals surface area contributed by atoms with Crippen molar-refractivity contribution in [2.75, 3.05) is 11.9 Å². The molecule has 132 valence electrons. The van der Waals surface area contributed by atoms with Crippen LogP contribution in [0.2, 0.25) is 5.02 Å². The van der Waals surface area contributed by atoms with E-state index in [0.717, 1.165) is 10.0 Å². The standard InChI is InChI=1S/C16H14BrClN2O3S2/c1-3-23-15(22)13-8(2)6-12(25-13)19-16(24)20-14(21)10-7-9(17)4-5-11(10)18/h4-7H,3H2,1-2H3,(H2,19,20,21,24). The Kier molecular flexibility index (Phi) is 6.95. The van der Waals surface area contributed by atoms with Crippen molar-refractivity contribution < 1.29 is 14.3 Å². The monoisotopic (exact) mass is 460 g/mol. The molecule has 0 aliphatic rings. The van der Waals surface area contributed by atoms with Gasteiger partial charge in [0.05, 0.1) is 22.2 Å². The molecule has 0 atom stereocenters. The minimum Gasteiger partial charge on any atom is -0.462 e. The predicted octanol–water partition coefficient (Wildman–Crippen LogP) is 4.78. The Morgan fingerprint density at radius 1 is 1.36 bits per heavy atom. The van der Waals surface area contributed by atoms with Gasteiger partial charge in [0, 0.05) is 4.47 Å². The predicted molar refractivity (Wildman–Crippen MR) is 108 cm³/mol. The summed E-state index contributed by atoms with van der Waals surface area (Å²) >= 11 is 15.7. The molecule has 0 saturated carbocycles. The van der Waals surface area contributed by atoms with Crippen molar-refractivity contribution in [2.45, 2.75) is 13.8 Å². The van der Waals surface area contributed by atoms with Gasteiger partial charge < -0.3 is 10.1 Å². The number of benzene rings is 1. The Morgan fingerprint density at radius 3 is 2.76 bits per heavy atom. The van der Waals surface area contributed by atoms with Crippen LogP contribution in [0.25, 0.3) is 0 Å². The van der Waals surface area contributed by atoms with Gasteiger partial charge in [-0.2, -0.15) is 0 Å².